The monoisotopic (exact) mass is 131 g/mol. The van der Waals surface area contributed by atoms with E-state index >= 15 is 0 Å². The van der Waals surface area contributed by atoms with Gasteiger partial charge in [-0.05, 0) is 12.7 Å². The van der Waals surface area contributed by atoms with Crippen LogP contribution in [0.2, 0.25) is 0 Å². The number of thioether (sulfide) groups is 1. The van der Waals surface area contributed by atoms with E-state index in [0.29, 0.717) is 0 Å². The third-order valence-corrected chi connectivity index (χ3v) is 1.93. The summed E-state index contributed by atoms with van der Waals surface area (Å²) < 4.78 is 0. The largest absolute Gasteiger partial charge is 0.297 e. The molecule has 2 heteroatoms. The molecule has 0 aliphatic heterocycles. The van der Waals surface area contributed by atoms with Crippen LogP contribution in [0.5, 0.6) is 0 Å². The Labute approximate surface area is 55.6 Å². The quantitative estimate of drug-likeness (QED) is 0.532. The summed E-state index contributed by atoms with van der Waals surface area (Å²) in [6.07, 6.45) is 0. The van der Waals surface area contributed by atoms with Crippen molar-refractivity contribution in [2.75, 3.05) is 18.6 Å². The lowest BCUT2D eigenvalue weighted by Crippen LogP contribution is -1.94. The summed E-state index contributed by atoms with van der Waals surface area (Å²) in [5.74, 6) is 2.28. The van der Waals surface area contributed by atoms with Gasteiger partial charge in [-0.25, -0.2) is 0 Å². The minimum Gasteiger partial charge on any atom is -0.297 e. The Bertz CT molecular complexity index is 78.6. The van der Waals surface area contributed by atoms with Crippen molar-refractivity contribution in [3.05, 3.63) is 0 Å². The van der Waals surface area contributed by atoms with Crippen molar-refractivity contribution in [1.82, 2.24) is 0 Å². The molecular weight excluding hydrogens is 118 g/mol. The molecule has 0 fully saturated rings. The van der Waals surface area contributed by atoms with Gasteiger partial charge in [-0.15, -0.1) is 0 Å². The molecule has 0 unspecified atom stereocenters. The summed E-state index contributed by atoms with van der Waals surface area (Å²) >= 11 is 1.91. The Balaban J connectivity index is 3.12. The number of nitrogens with zero attached hydrogens (tertiary/aromatic N) is 1. The molecule has 0 heterocycles. The predicted octanol–water partition coefficient (Wildman–Crippen LogP) is 1.83. The first-order valence-corrected chi connectivity index (χ1v) is 3.96. The summed E-state index contributed by atoms with van der Waals surface area (Å²) in [6, 6.07) is 0. The van der Waals surface area contributed by atoms with Crippen LogP contribution in [0.3, 0.4) is 0 Å². The number of aliphatic imine (C=N–C) groups is 1. The summed E-state index contributed by atoms with van der Waals surface area (Å²) in [7, 11) is 1.84. The van der Waals surface area contributed by atoms with Crippen molar-refractivity contribution in [2.24, 2.45) is 4.99 Å². The molecule has 0 saturated carbocycles. The van der Waals surface area contributed by atoms with Gasteiger partial charge in [-0.3, -0.25) is 4.99 Å². The fraction of sp³-hybridized carbons (Fsp3) is 0.833. The molecule has 0 bridgehead atoms. The molecule has 0 aromatic rings. The summed E-state index contributed by atoms with van der Waals surface area (Å²) in [6.45, 7) is 4.22. The highest BCUT2D eigenvalue weighted by Gasteiger charge is 1.85. The van der Waals surface area contributed by atoms with Gasteiger partial charge in [0.2, 0.25) is 0 Å². The number of hydrogen-bond acceptors (Lipinski definition) is 2. The third kappa shape index (κ3) is 4.19. The van der Waals surface area contributed by atoms with Gasteiger partial charge >= 0.3 is 0 Å². The molecule has 0 N–H and O–H groups in total. The van der Waals surface area contributed by atoms with Crippen LogP contribution in [-0.2, 0) is 0 Å². The SMILES string of the molecule is CCSC/C(C)=N\C. The summed E-state index contributed by atoms with van der Waals surface area (Å²) in [5.41, 5.74) is 1.23. The number of rotatable bonds is 3. The van der Waals surface area contributed by atoms with Crippen LogP contribution < -0.4 is 0 Å². The Morgan fingerprint density at radius 3 is 2.62 bits per heavy atom. The van der Waals surface area contributed by atoms with E-state index in [1.54, 1.807) is 0 Å². The fourth-order valence-electron chi connectivity index (χ4n) is 0.314. The predicted molar refractivity (Wildman–Crippen MR) is 42.0 cm³/mol. The molecule has 0 aromatic carbocycles. The van der Waals surface area contributed by atoms with Crippen molar-refractivity contribution in [1.29, 1.82) is 0 Å². The van der Waals surface area contributed by atoms with Crippen molar-refractivity contribution in [3.63, 3.8) is 0 Å². The van der Waals surface area contributed by atoms with E-state index in [1.165, 1.54) is 11.5 Å². The zero-order chi connectivity index (χ0) is 6.41. The maximum Gasteiger partial charge on any atom is 0.0311 e. The number of hydrogen-bond donors (Lipinski definition) is 0. The fourth-order valence-corrected chi connectivity index (χ4v) is 0.943. The van der Waals surface area contributed by atoms with Crippen molar-refractivity contribution in [3.8, 4) is 0 Å². The molecular formula is C6H13NS. The first-order chi connectivity index (χ1) is 3.81. The molecule has 48 valence electrons. The van der Waals surface area contributed by atoms with Crippen LogP contribution in [0, 0.1) is 0 Å². The van der Waals surface area contributed by atoms with E-state index in [9.17, 15) is 0 Å². The van der Waals surface area contributed by atoms with Gasteiger partial charge in [-0.2, -0.15) is 11.8 Å². The minimum atomic E-state index is 1.09. The zero-order valence-corrected chi connectivity index (χ0v) is 6.59. The van der Waals surface area contributed by atoms with E-state index in [-0.39, 0.29) is 0 Å². The molecule has 0 amide bonds. The lowest BCUT2D eigenvalue weighted by Gasteiger charge is -1.93. The summed E-state index contributed by atoms with van der Waals surface area (Å²) in [4.78, 5) is 4.02. The highest BCUT2D eigenvalue weighted by atomic mass is 32.2. The van der Waals surface area contributed by atoms with Gasteiger partial charge in [0.25, 0.3) is 0 Å². The Kier molecular flexibility index (Phi) is 5.18. The van der Waals surface area contributed by atoms with Crippen LogP contribution in [0.1, 0.15) is 13.8 Å². The van der Waals surface area contributed by atoms with Gasteiger partial charge < -0.3 is 0 Å². The maximum atomic E-state index is 4.02. The molecule has 8 heavy (non-hydrogen) atoms. The first kappa shape index (κ1) is 8.02. The Morgan fingerprint density at radius 2 is 2.25 bits per heavy atom. The van der Waals surface area contributed by atoms with Crippen LogP contribution in [0.15, 0.2) is 4.99 Å². The first-order valence-electron chi connectivity index (χ1n) is 2.81. The third-order valence-electron chi connectivity index (χ3n) is 0.897. The average molecular weight is 131 g/mol. The van der Waals surface area contributed by atoms with Gasteiger partial charge in [0.1, 0.15) is 0 Å². The van der Waals surface area contributed by atoms with Crippen LogP contribution in [-0.4, -0.2) is 24.3 Å². The topological polar surface area (TPSA) is 12.4 Å². The maximum absolute atomic E-state index is 4.02. The second kappa shape index (κ2) is 5.16. The molecule has 1 nitrogen and oxygen atoms in total. The van der Waals surface area contributed by atoms with E-state index < -0.39 is 0 Å². The van der Waals surface area contributed by atoms with Gasteiger partial charge in [0.15, 0.2) is 0 Å². The lowest BCUT2D eigenvalue weighted by molar-refractivity contribution is 1.41. The normalized spacial score (nSPS) is 12.1. The van der Waals surface area contributed by atoms with Crippen molar-refractivity contribution < 1.29 is 0 Å². The highest BCUT2D eigenvalue weighted by molar-refractivity contribution is 7.99. The minimum absolute atomic E-state index is 1.09. The second-order valence-electron chi connectivity index (χ2n) is 1.60. The van der Waals surface area contributed by atoms with E-state index in [0.717, 1.165) is 5.75 Å². The zero-order valence-electron chi connectivity index (χ0n) is 5.77. The van der Waals surface area contributed by atoms with Crippen molar-refractivity contribution >= 4 is 17.5 Å². The molecule has 0 saturated heterocycles. The van der Waals surface area contributed by atoms with Crippen LogP contribution in [0.4, 0.5) is 0 Å². The summed E-state index contributed by atoms with van der Waals surface area (Å²) in [5, 5.41) is 0. The molecule has 0 spiro atoms. The van der Waals surface area contributed by atoms with Gasteiger partial charge in [-0.1, -0.05) is 6.92 Å². The van der Waals surface area contributed by atoms with Crippen LogP contribution >= 0.6 is 11.8 Å². The lowest BCUT2D eigenvalue weighted by atomic mass is 10.5. The second-order valence-corrected chi connectivity index (χ2v) is 2.87. The smallest absolute Gasteiger partial charge is 0.0311 e. The van der Waals surface area contributed by atoms with E-state index in [2.05, 4.69) is 18.8 Å². The molecule has 0 aromatic heterocycles. The van der Waals surface area contributed by atoms with Gasteiger partial charge in [0.05, 0.1) is 0 Å². The molecule has 0 aliphatic rings. The Hall–Kier alpha value is 0.0200. The van der Waals surface area contributed by atoms with Crippen molar-refractivity contribution in [2.45, 2.75) is 13.8 Å². The van der Waals surface area contributed by atoms with E-state index in [4.69, 9.17) is 0 Å². The molecule has 0 atom stereocenters. The molecule has 0 rings (SSSR count). The van der Waals surface area contributed by atoms with Gasteiger partial charge in [0, 0.05) is 18.5 Å². The average Bonchev–Trinajstić information content (AvgIpc) is 1.83. The highest BCUT2D eigenvalue weighted by Crippen LogP contribution is 1.97. The standard InChI is InChI=1S/C6H13NS/c1-4-8-5-6(2)7-3/h4-5H2,1-3H3/b7-6-. The molecule has 0 radical (unpaired) electrons. The molecule has 0 aliphatic carbocycles. The van der Waals surface area contributed by atoms with E-state index in [1.807, 2.05) is 18.8 Å². The van der Waals surface area contributed by atoms with Crippen LogP contribution in [0.25, 0.3) is 0 Å². The Morgan fingerprint density at radius 1 is 1.62 bits per heavy atom.